The minimum absolute atomic E-state index is 0.296. The fourth-order valence-corrected chi connectivity index (χ4v) is 2.82. The van der Waals surface area contributed by atoms with Crippen LogP contribution in [-0.4, -0.2) is 24.5 Å². The summed E-state index contributed by atoms with van der Waals surface area (Å²) in [4.78, 5) is 6.60. The van der Waals surface area contributed by atoms with Crippen LogP contribution in [0.5, 0.6) is 0 Å². The van der Waals surface area contributed by atoms with Gasteiger partial charge in [-0.15, -0.1) is 0 Å². The third-order valence-corrected chi connectivity index (χ3v) is 4.00. The molecule has 4 heteroatoms. The Labute approximate surface area is 125 Å². The maximum atomic E-state index is 5.92. The van der Waals surface area contributed by atoms with Gasteiger partial charge in [-0.1, -0.05) is 30.3 Å². The minimum atomic E-state index is -0.296. The second-order valence-electron chi connectivity index (χ2n) is 5.81. The summed E-state index contributed by atoms with van der Waals surface area (Å²) < 4.78 is 0. The molecular weight excluding hydrogens is 260 g/mol. The zero-order valence-electron chi connectivity index (χ0n) is 12.4. The maximum Gasteiger partial charge on any atom is 0.192 e. The molecule has 0 aromatic heterocycles. The van der Waals surface area contributed by atoms with Crippen LogP contribution in [0.1, 0.15) is 12.5 Å². The number of guanidine groups is 1. The molecule has 21 heavy (non-hydrogen) atoms. The number of nitrogen functional groups attached to an aromatic ring is 1. The minimum Gasteiger partial charge on any atom is -0.399 e. The Morgan fingerprint density at radius 3 is 2.33 bits per heavy atom. The molecule has 3 rings (SSSR count). The molecule has 0 saturated heterocycles. The van der Waals surface area contributed by atoms with Crippen LogP contribution in [0, 0.1) is 0 Å². The van der Waals surface area contributed by atoms with Crippen molar-refractivity contribution in [1.82, 2.24) is 4.90 Å². The number of aliphatic imine (C=N–C) groups is 1. The van der Waals surface area contributed by atoms with E-state index in [1.54, 1.807) is 0 Å². The number of likely N-dealkylation sites (N-methyl/N-ethyl adjacent to an activating group) is 1. The van der Waals surface area contributed by atoms with Crippen LogP contribution in [0.4, 0.5) is 5.69 Å². The van der Waals surface area contributed by atoms with Gasteiger partial charge in [0, 0.05) is 19.3 Å². The Balaban J connectivity index is 2.02. The van der Waals surface area contributed by atoms with Crippen molar-refractivity contribution in [3.63, 3.8) is 0 Å². The number of nitrogens with two attached hydrogens (primary N) is 2. The molecule has 0 amide bonds. The van der Waals surface area contributed by atoms with E-state index in [-0.39, 0.29) is 5.54 Å². The number of rotatable bonds is 2. The molecule has 2 aromatic rings. The highest BCUT2D eigenvalue weighted by molar-refractivity contribution is 5.80. The fourth-order valence-electron chi connectivity index (χ4n) is 2.82. The number of anilines is 1. The van der Waals surface area contributed by atoms with Crippen LogP contribution < -0.4 is 11.5 Å². The van der Waals surface area contributed by atoms with Crippen molar-refractivity contribution >= 4 is 11.6 Å². The molecule has 1 atom stereocenters. The van der Waals surface area contributed by atoms with Crippen LogP contribution in [0.2, 0.25) is 0 Å². The smallest absolute Gasteiger partial charge is 0.192 e. The van der Waals surface area contributed by atoms with Crippen LogP contribution in [0.3, 0.4) is 0 Å². The molecule has 0 radical (unpaired) electrons. The van der Waals surface area contributed by atoms with Crippen LogP contribution in [-0.2, 0) is 5.54 Å². The zero-order chi connectivity index (χ0) is 15.0. The Hall–Kier alpha value is -2.49. The summed E-state index contributed by atoms with van der Waals surface area (Å²) >= 11 is 0. The standard InChI is InChI=1S/C17H20N4/c1-17(11-21(2)16(19)20-17)14-7-3-5-12(9-14)13-6-4-8-15(18)10-13/h3-10H,11,18H2,1-2H3,(H2,19,20). The van der Waals surface area contributed by atoms with Gasteiger partial charge < -0.3 is 16.4 Å². The van der Waals surface area contributed by atoms with E-state index < -0.39 is 0 Å². The van der Waals surface area contributed by atoms with Crippen molar-refractivity contribution in [2.75, 3.05) is 19.3 Å². The largest absolute Gasteiger partial charge is 0.399 e. The van der Waals surface area contributed by atoms with E-state index in [1.807, 2.05) is 30.1 Å². The van der Waals surface area contributed by atoms with Crippen LogP contribution in [0.15, 0.2) is 53.5 Å². The van der Waals surface area contributed by atoms with Gasteiger partial charge in [-0.25, -0.2) is 4.99 Å². The molecule has 0 saturated carbocycles. The Morgan fingerprint density at radius 2 is 1.71 bits per heavy atom. The maximum absolute atomic E-state index is 5.92. The molecule has 4 N–H and O–H groups in total. The second-order valence-corrected chi connectivity index (χ2v) is 5.81. The van der Waals surface area contributed by atoms with E-state index >= 15 is 0 Å². The van der Waals surface area contributed by atoms with Crippen molar-refractivity contribution in [3.05, 3.63) is 54.1 Å². The Kier molecular flexibility index (Phi) is 3.09. The first-order valence-electron chi connectivity index (χ1n) is 7.01. The molecule has 0 fully saturated rings. The highest BCUT2D eigenvalue weighted by Crippen LogP contribution is 2.33. The normalized spacial score (nSPS) is 21.4. The molecule has 2 aromatic carbocycles. The quantitative estimate of drug-likeness (QED) is 0.830. The van der Waals surface area contributed by atoms with Gasteiger partial charge in [0.05, 0.1) is 0 Å². The molecule has 1 aliphatic heterocycles. The van der Waals surface area contributed by atoms with Gasteiger partial charge in [0.1, 0.15) is 5.54 Å². The average Bonchev–Trinajstić information content (AvgIpc) is 2.73. The van der Waals surface area contributed by atoms with E-state index in [1.165, 1.54) is 0 Å². The van der Waals surface area contributed by atoms with Gasteiger partial charge in [0.15, 0.2) is 5.96 Å². The van der Waals surface area contributed by atoms with Crippen LogP contribution >= 0.6 is 0 Å². The van der Waals surface area contributed by atoms with Crippen molar-refractivity contribution in [2.45, 2.75) is 12.5 Å². The van der Waals surface area contributed by atoms with E-state index in [9.17, 15) is 0 Å². The fraction of sp³-hybridized carbons (Fsp3) is 0.235. The molecule has 0 aliphatic carbocycles. The lowest BCUT2D eigenvalue weighted by Crippen LogP contribution is -2.32. The summed E-state index contributed by atoms with van der Waals surface area (Å²) in [5.41, 5.74) is 15.7. The van der Waals surface area contributed by atoms with E-state index in [0.717, 1.165) is 28.9 Å². The molecule has 1 heterocycles. The van der Waals surface area contributed by atoms with Gasteiger partial charge in [-0.2, -0.15) is 0 Å². The first kappa shape index (κ1) is 13.5. The summed E-state index contributed by atoms with van der Waals surface area (Å²) in [7, 11) is 1.96. The number of nitrogens with zero attached hydrogens (tertiary/aromatic N) is 2. The third-order valence-electron chi connectivity index (χ3n) is 4.00. The summed E-state index contributed by atoms with van der Waals surface area (Å²) in [5.74, 6) is 0.590. The topological polar surface area (TPSA) is 67.6 Å². The van der Waals surface area contributed by atoms with E-state index in [0.29, 0.717) is 5.96 Å². The van der Waals surface area contributed by atoms with Crippen LogP contribution in [0.25, 0.3) is 11.1 Å². The molecule has 1 aliphatic rings. The zero-order valence-corrected chi connectivity index (χ0v) is 12.4. The van der Waals surface area contributed by atoms with Gasteiger partial charge in [-0.05, 0) is 41.8 Å². The lowest BCUT2D eigenvalue weighted by molar-refractivity contribution is 0.409. The SMILES string of the molecule is CN1CC(C)(c2cccc(-c3cccc(N)c3)c2)N=C1N. The summed E-state index contributed by atoms with van der Waals surface area (Å²) in [5, 5.41) is 0. The molecule has 1 unspecified atom stereocenters. The number of benzene rings is 2. The Bertz CT molecular complexity index is 707. The predicted octanol–water partition coefficient (Wildman–Crippen LogP) is 2.41. The lowest BCUT2D eigenvalue weighted by Gasteiger charge is -2.23. The first-order chi connectivity index (χ1) is 9.98. The molecular formula is C17H20N4. The Morgan fingerprint density at radius 1 is 1.05 bits per heavy atom. The van der Waals surface area contributed by atoms with E-state index in [2.05, 4.69) is 42.2 Å². The van der Waals surface area contributed by atoms with Gasteiger partial charge in [-0.3, -0.25) is 0 Å². The second kappa shape index (κ2) is 4.81. The number of hydrogen-bond donors (Lipinski definition) is 2. The van der Waals surface area contributed by atoms with Gasteiger partial charge in [0.25, 0.3) is 0 Å². The molecule has 0 bridgehead atoms. The summed E-state index contributed by atoms with van der Waals surface area (Å²) in [6, 6.07) is 16.3. The lowest BCUT2D eigenvalue weighted by atomic mass is 9.90. The van der Waals surface area contributed by atoms with Crippen molar-refractivity contribution in [1.29, 1.82) is 0 Å². The monoisotopic (exact) mass is 280 g/mol. The van der Waals surface area contributed by atoms with Crippen molar-refractivity contribution < 1.29 is 0 Å². The van der Waals surface area contributed by atoms with Gasteiger partial charge >= 0.3 is 0 Å². The first-order valence-corrected chi connectivity index (χ1v) is 7.01. The predicted molar refractivity (Wildman–Crippen MR) is 87.9 cm³/mol. The third kappa shape index (κ3) is 2.44. The highest BCUT2D eigenvalue weighted by atomic mass is 15.3. The van der Waals surface area contributed by atoms with E-state index in [4.69, 9.17) is 11.5 Å². The molecule has 4 nitrogen and oxygen atoms in total. The average molecular weight is 280 g/mol. The summed E-state index contributed by atoms with van der Waals surface area (Å²) in [6.07, 6.45) is 0. The summed E-state index contributed by atoms with van der Waals surface area (Å²) in [6.45, 7) is 2.90. The molecule has 0 spiro atoms. The number of hydrogen-bond acceptors (Lipinski definition) is 4. The molecule has 108 valence electrons. The van der Waals surface area contributed by atoms with Crippen molar-refractivity contribution in [2.24, 2.45) is 10.7 Å². The highest BCUT2D eigenvalue weighted by Gasteiger charge is 2.34. The van der Waals surface area contributed by atoms with Gasteiger partial charge in [0.2, 0.25) is 0 Å². The van der Waals surface area contributed by atoms with Crippen molar-refractivity contribution in [3.8, 4) is 11.1 Å².